The van der Waals surface area contributed by atoms with Crippen LogP contribution < -0.4 is 5.32 Å². The van der Waals surface area contributed by atoms with Crippen molar-refractivity contribution in [2.45, 2.75) is 39.3 Å². The Balaban J connectivity index is 2.19. The molecular weight excluding hydrogens is 210 g/mol. The summed E-state index contributed by atoms with van der Waals surface area (Å²) in [6.45, 7) is 7.61. The summed E-state index contributed by atoms with van der Waals surface area (Å²) in [7, 11) is 2.16. The van der Waals surface area contributed by atoms with Gasteiger partial charge in [0, 0.05) is 38.1 Å². The first-order valence-corrected chi connectivity index (χ1v) is 6.57. The zero-order valence-electron chi connectivity index (χ0n) is 11.3. The average molecular weight is 235 g/mol. The summed E-state index contributed by atoms with van der Waals surface area (Å²) in [6, 6.07) is 4.82. The number of rotatable bonds is 8. The fourth-order valence-electron chi connectivity index (χ4n) is 1.92. The minimum atomic E-state index is 0.671. The monoisotopic (exact) mass is 235 g/mol. The van der Waals surface area contributed by atoms with E-state index in [1.807, 2.05) is 12.4 Å². The number of hydrogen-bond acceptors (Lipinski definition) is 3. The maximum atomic E-state index is 4.03. The van der Waals surface area contributed by atoms with Crippen LogP contribution in [0.2, 0.25) is 0 Å². The van der Waals surface area contributed by atoms with Gasteiger partial charge < -0.3 is 10.2 Å². The fraction of sp³-hybridized carbons (Fsp3) is 0.643. The zero-order chi connectivity index (χ0) is 12.5. The average Bonchev–Trinajstić information content (AvgIpc) is 2.36. The van der Waals surface area contributed by atoms with E-state index in [1.54, 1.807) is 0 Å². The molecule has 0 aromatic carbocycles. The summed E-state index contributed by atoms with van der Waals surface area (Å²) < 4.78 is 0. The lowest BCUT2D eigenvalue weighted by molar-refractivity contribution is 0.314. The van der Waals surface area contributed by atoms with Crippen molar-refractivity contribution in [3.8, 4) is 0 Å². The highest BCUT2D eigenvalue weighted by atomic mass is 15.1. The highest BCUT2D eigenvalue weighted by molar-refractivity contribution is 5.09. The van der Waals surface area contributed by atoms with Crippen molar-refractivity contribution in [1.29, 1.82) is 0 Å². The van der Waals surface area contributed by atoms with Gasteiger partial charge >= 0.3 is 0 Å². The molecule has 3 heteroatoms. The van der Waals surface area contributed by atoms with Crippen molar-refractivity contribution in [3.05, 3.63) is 30.1 Å². The number of nitrogens with zero attached hydrogens (tertiary/aromatic N) is 2. The van der Waals surface area contributed by atoms with Gasteiger partial charge in [0.25, 0.3) is 0 Å². The molecule has 3 nitrogen and oxygen atoms in total. The first-order chi connectivity index (χ1) is 8.26. The molecule has 1 N–H and O–H groups in total. The Morgan fingerprint density at radius 2 is 1.88 bits per heavy atom. The van der Waals surface area contributed by atoms with Crippen molar-refractivity contribution < 1.29 is 0 Å². The SMILES string of the molecule is CCC(CC)NCCN(C)Cc1ccncc1. The van der Waals surface area contributed by atoms with E-state index in [9.17, 15) is 0 Å². The Bertz CT molecular complexity index is 283. The van der Waals surface area contributed by atoms with Crippen LogP contribution in [0.25, 0.3) is 0 Å². The molecule has 0 saturated carbocycles. The topological polar surface area (TPSA) is 28.2 Å². The van der Waals surface area contributed by atoms with Crippen LogP contribution in [0.1, 0.15) is 32.3 Å². The maximum Gasteiger partial charge on any atom is 0.0271 e. The van der Waals surface area contributed by atoms with Crippen LogP contribution in [0, 0.1) is 0 Å². The van der Waals surface area contributed by atoms with Gasteiger partial charge in [-0.15, -0.1) is 0 Å². The Kier molecular flexibility index (Phi) is 6.82. The van der Waals surface area contributed by atoms with E-state index in [4.69, 9.17) is 0 Å². The number of hydrogen-bond donors (Lipinski definition) is 1. The first kappa shape index (κ1) is 14.1. The molecule has 0 spiro atoms. The third-order valence-corrected chi connectivity index (χ3v) is 3.11. The van der Waals surface area contributed by atoms with Crippen molar-refractivity contribution >= 4 is 0 Å². The predicted octanol–water partition coefficient (Wildman–Crippen LogP) is 2.29. The lowest BCUT2D eigenvalue weighted by Crippen LogP contribution is -2.35. The Hall–Kier alpha value is -0.930. The molecule has 0 fully saturated rings. The van der Waals surface area contributed by atoms with Crippen LogP contribution in [0.4, 0.5) is 0 Å². The Morgan fingerprint density at radius 3 is 2.47 bits per heavy atom. The van der Waals surface area contributed by atoms with Gasteiger partial charge in [-0.1, -0.05) is 13.8 Å². The molecule has 0 unspecified atom stereocenters. The van der Waals surface area contributed by atoms with Gasteiger partial charge in [-0.05, 0) is 37.6 Å². The molecule has 0 amide bonds. The summed E-state index contributed by atoms with van der Waals surface area (Å²) in [5, 5.41) is 3.58. The second-order valence-corrected chi connectivity index (χ2v) is 4.56. The number of nitrogens with one attached hydrogen (secondary N) is 1. The van der Waals surface area contributed by atoms with Crippen molar-refractivity contribution in [2.24, 2.45) is 0 Å². The summed E-state index contributed by atoms with van der Waals surface area (Å²) >= 11 is 0. The predicted molar refractivity (Wildman–Crippen MR) is 72.9 cm³/mol. The minimum absolute atomic E-state index is 0.671. The lowest BCUT2D eigenvalue weighted by atomic mass is 10.2. The van der Waals surface area contributed by atoms with Gasteiger partial charge in [0.05, 0.1) is 0 Å². The molecule has 0 aliphatic heterocycles. The van der Waals surface area contributed by atoms with E-state index in [0.717, 1.165) is 19.6 Å². The van der Waals surface area contributed by atoms with E-state index in [-0.39, 0.29) is 0 Å². The van der Waals surface area contributed by atoms with Gasteiger partial charge in [0.15, 0.2) is 0 Å². The minimum Gasteiger partial charge on any atom is -0.313 e. The van der Waals surface area contributed by atoms with Crippen LogP contribution in [0.5, 0.6) is 0 Å². The van der Waals surface area contributed by atoms with E-state index in [0.29, 0.717) is 6.04 Å². The highest BCUT2D eigenvalue weighted by Crippen LogP contribution is 2.00. The molecule has 0 saturated heterocycles. The van der Waals surface area contributed by atoms with Crippen LogP contribution >= 0.6 is 0 Å². The second kappa shape index (κ2) is 8.20. The van der Waals surface area contributed by atoms with Crippen LogP contribution in [0.3, 0.4) is 0 Å². The highest BCUT2D eigenvalue weighted by Gasteiger charge is 2.03. The molecule has 0 bridgehead atoms. The van der Waals surface area contributed by atoms with Crippen LogP contribution in [-0.2, 0) is 6.54 Å². The zero-order valence-corrected chi connectivity index (χ0v) is 11.3. The maximum absolute atomic E-state index is 4.03. The molecule has 0 atom stereocenters. The molecule has 96 valence electrons. The molecule has 17 heavy (non-hydrogen) atoms. The van der Waals surface area contributed by atoms with Gasteiger partial charge in [-0.3, -0.25) is 4.98 Å². The molecule has 0 radical (unpaired) electrons. The number of aromatic nitrogens is 1. The quantitative estimate of drug-likeness (QED) is 0.749. The van der Waals surface area contributed by atoms with E-state index in [1.165, 1.54) is 18.4 Å². The van der Waals surface area contributed by atoms with Crippen LogP contribution in [0.15, 0.2) is 24.5 Å². The molecule has 1 aromatic heterocycles. The van der Waals surface area contributed by atoms with Gasteiger partial charge in [-0.2, -0.15) is 0 Å². The molecule has 0 aliphatic rings. The van der Waals surface area contributed by atoms with Gasteiger partial charge in [0.1, 0.15) is 0 Å². The van der Waals surface area contributed by atoms with E-state index >= 15 is 0 Å². The smallest absolute Gasteiger partial charge is 0.0271 e. The van der Waals surface area contributed by atoms with Gasteiger partial charge in [0.2, 0.25) is 0 Å². The third-order valence-electron chi connectivity index (χ3n) is 3.11. The number of pyridine rings is 1. The Labute approximate surface area is 105 Å². The third kappa shape index (κ3) is 5.80. The molecular formula is C14H25N3. The lowest BCUT2D eigenvalue weighted by Gasteiger charge is -2.20. The Morgan fingerprint density at radius 1 is 1.24 bits per heavy atom. The first-order valence-electron chi connectivity index (χ1n) is 6.57. The fourth-order valence-corrected chi connectivity index (χ4v) is 1.92. The van der Waals surface area contributed by atoms with E-state index in [2.05, 4.69) is 48.2 Å². The van der Waals surface area contributed by atoms with Crippen LogP contribution in [-0.4, -0.2) is 36.1 Å². The molecule has 0 aliphatic carbocycles. The summed E-state index contributed by atoms with van der Waals surface area (Å²) in [4.78, 5) is 6.37. The van der Waals surface area contributed by atoms with Crippen molar-refractivity contribution in [2.75, 3.05) is 20.1 Å². The second-order valence-electron chi connectivity index (χ2n) is 4.56. The molecule has 1 heterocycles. The number of likely N-dealkylation sites (N-methyl/N-ethyl adjacent to an activating group) is 1. The summed E-state index contributed by atoms with van der Waals surface area (Å²) in [5.41, 5.74) is 1.32. The standard InChI is InChI=1S/C14H25N3/c1-4-14(5-2)16-10-11-17(3)12-13-6-8-15-9-7-13/h6-9,14,16H,4-5,10-12H2,1-3H3. The normalized spacial score (nSPS) is 11.4. The summed E-state index contributed by atoms with van der Waals surface area (Å²) in [6.07, 6.45) is 6.13. The largest absolute Gasteiger partial charge is 0.313 e. The summed E-state index contributed by atoms with van der Waals surface area (Å²) in [5.74, 6) is 0. The molecule has 1 rings (SSSR count). The van der Waals surface area contributed by atoms with Crippen molar-refractivity contribution in [3.63, 3.8) is 0 Å². The van der Waals surface area contributed by atoms with Crippen molar-refractivity contribution in [1.82, 2.24) is 15.2 Å². The van der Waals surface area contributed by atoms with E-state index < -0.39 is 0 Å². The molecule has 1 aromatic rings. The van der Waals surface area contributed by atoms with Gasteiger partial charge in [-0.25, -0.2) is 0 Å².